The fraction of sp³-hybridized carbons (Fsp3) is 0.333. The van der Waals surface area contributed by atoms with E-state index in [1.807, 2.05) is 38.1 Å². The number of benzene rings is 1. The maximum absolute atomic E-state index is 5.28. The third-order valence-corrected chi connectivity index (χ3v) is 2.88. The molecule has 0 saturated heterocycles. The van der Waals surface area contributed by atoms with Crippen molar-refractivity contribution in [2.45, 2.75) is 20.4 Å². The summed E-state index contributed by atoms with van der Waals surface area (Å²) in [5, 5.41) is 3.21. The molecule has 0 aliphatic rings. The molecular weight excluding hydrogens is 254 g/mol. The number of aryl methyl sites for hydroxylation is 2. The van der Waals surface area contributed by atoms with Crippen molar-refractivity contribution in [3.8, 4) is 11.5 Å². The van der Waals surface area contributed by atoms with Crippen LogP contribution < -0.4 is 14.8 Å². The standard InChI is InChI=1S/C15H19N3O2/c1-10-7-11(2)18-15(17-10)16-9-12-5-6-13(19-3)14(8-12)20-4/h5-8H,9H2,1-4H3,(H,16,17,18). The normalized spacial score (nSPS) is 10.2. The Kier molecular flexibility index (Phi) is 4.40. The molecule has 2 rings (SSSR count). The molecule has 1 aromatic carbocycles. The Balaban J connectivity index is 2.10. The second-order valence-corrected chi connectivity index (χ2v) is 4.52. The van der Waals surface area contributed by atoms with Gasteiger partial charge in [0.2, 0.25) is 5.95 Å². The summed E-state index contributed by atoms with van der Waals surface area (Å²) in [7, 11) is 3.25. The van der Waals surface area contributed by atoms with Crippen LogP contribution in [0.25, 0.3) is 0 Å². The summed E-state index contributed by atoms with van der Waals surface area (Å²) in [6.07, 6.45) is 0. The molecule has 0 saturated carbocycles. The summed E-state index contributed by atoms with van der Waals surface area (Å²) in [6, 6.07) is 7.76. The lowest BCUT2D eigenvalue weighted by Crippen LogP contribution is -2.05. The third kappa shape index (κ3) is 3.38. The van der Waals surface area contributed by atoms with Crippen molar-refractivity contribution in [3.05, 3.63) is 41.2 Å². The average molecular weight is 273 g/mol. The Labute approximate surface area is 119 Å². The fourth-order valence-corrected chi connectivity index (χ4v) is 1.98. The molecule has 0 fully saturated rings. The lowest BCUT2D eigenvalue weighted by molar-refractivity contribution is 0.354. The second-order valence-electron chi connectivity index (χ2n) is 4.52. The van der Waals surface area contributed by atoms with Gasteiger partial charge in [-0.1, -0.05) is 6.07 Å². The molecule has 1 aromatic heterocycles. The van der Waals surface area contributed by atoms with Gasteiger partial charge < -0.3 is 14.8 Å². The van der Waals surface area contributed by atoms with E-state index in [-0.39, 0.29) is 0 Å². The molecule has 0 aliphatic heterocycles. The van der Waals surface area contributed by atoms with Crippen LogP contribution in [0.4, 0.5) is 5.95 Å². The Bertz CT molecular complexity index is 579. The predicted octanol–water partition coefficient (Wildman–Crippen LogP) is 2.72. The lowest BCUT2D eigenvalue weighted by atomic mass is 10.2. The highest BCUT2D eigenvalue weighted by Crippen LogP contribution is 2.27. The molecule has 0 spiro atoms. The molecule has 2 aromatic rings. The summed E-state index contributed by atoms with van der Waals surface area (Å²) in [6.45, 7) is 4.54. The van der Waals surface area contributed by atoms with E-state index in [1.165, 1.54) is 0 Å². The van der Waals surface area contributed by atoms with Crippen LogP contribution in [0.1, 0.15) is 17.0 Å². The first kappa shape index (κ1) is 14.1. The van der Waals surface area contributed by atoms with Crippen molar-refractivity contribution in [2.24, 2.45) is 0 Å². The Morgan fingerprint density at radius 2 is 1.60 bits per heavy atom. The van der Waals surface area contributed by atoms with Crippen LogP contribution in [0.2, 0.25) is 0 Å². The first-order chi connectivity index (χ1) is 9.62. The minimum Gasteiger partial charge on any atom is -0.493 e. The molecule has 5 nitrogen and oxygen atoms in total. The van der Waals surface area contributed by atoms with Crippen molar-refractivity contribution in [1.82, 2.24) is 9.97 Å². The Morgan fingerprint density at radius 1 is 0.950 bits per heavy atom. The lowest BCUT2D eigenvalue weighted by Gasteiger charge is -2.10. The highest BCUT2D eigenvalue weighted by Gasteiger charge is 2.05. The number of aromatic nitrogens is 2. The highest BCUT2D eigenvalue weighted by atomic mass is 16.5. The molecule has 106 valence electrons. The van der Waals surface area contributed by atoms with Crippen LogP contribution in [0.5, 0.6) is 11.5 Å². The molecular formula is C15H19N3O2. The fourth-order valence-electron chi connectivity index (χ4n) is 1.98. The van der Waals surface area contributed by atoms with E-state index >= 15 is 0 Å². The van der Waals surface area contributed by atoms with E-state index in [4.69, 9.17) is 9.47 Å². The average Bonchev–Trinajstić information content (AvgIpc) is 2.43. The summed E-state index contributed by atoms with van der Waals surface area (Å²) in [5.74, 6) is 2.07. The Hall–Kier alpha value is -2.30. The zero-order valence-electron chi connectivity index (χ0n) is 12.2. The van der Waals surface area contributed by atoms with Gasteiger partial charge in [0.25, 0.3) is 0 Å². The van der Waals surface area contributed by atoms with E-state index in [0.717, 1.165) is 22.7 Å². The van der Waals surface area contributed by atoms with Gasteiger partial charge in [-0.15, -0.1) is 0 Å². The van der Waals surface area contributed by atoms with Gasteiger partial charge in [-0.05, 0) is 37.6 Å². The SMILES string of the molecule is COc1ccc(CNc2nc(C)cc(C)n2)cc1OC. The zero-order chi connectivity index (χ0) is 14.5. The second kappa shape index (κ2) is 6.23. The molecule has 0 bridgehead atoms. The predicted molar refractivity (Wildman–Crippen MR) is 78.4 cm³/mol. The van der Waals surface area contributed by atoms with Gasteiger partial charge in [-0.3, -0.25) is 0 Å². The topological polar surface area (TPSA) is 56.3 Å². The minimum absolute atomic E-state index is 0.628. The number of anilines is 1. The van der Waals surface area contributed by atoms with Crippen LogP contribution in [0, 0.1) is 13.8 Å². The molecule has 20 heavy (non-hydrogen) atoms. The molecule has 1 N–H and O–H groups in total. The van der Waals surface area contributed by atoms with E-state index < -0.39 is 0 Å². The van der Waals surface area contributed by atoms with Crippen molar-refractivity contribution < 1.29 is 9.47 Å². The zero-order valence-corrected chi connectivity index (χ0v) is 12.2. The van der Waals surface area contributed by atoms with Crippen LogP contribution >= 0.6 is 0 Å². The maximum Gasteiger partial charge on any atom is 0.223 e. The van der Waals surface area contributed by atoms with Crippen molar-refractivity contribution in [2.75, 3.05) is 19.5 Å². The van der Waals surface area contributed by atoms with Gasteiger partial charge in [0.1, 0.15) is 0 Å². The van der Waals surface area contributed by atoms with E-state index in [1.54, 1.807) is 14.2 Å². The summed E-state index contributed by atoms with van der Waals surface area (Å²) < 4.78 is 10.5. The van der Waals surface area contributed by atoms with Crippen molar-refractivity contribution in [3.63, 3.8) is 0 Å². The van der Waals surface area contributed by atoms with Gasteiger partial charge in [0, 0.05) is 17.9 Å². The molecule has 0 atom stereocenters. The van der Waals surface area contributed by atoms with Gasteiger partial charge in [-0.2, -0.15) is 0 Å². The molecule has 0 unspecified atom stereocenters. The third-order valence-electron chi connectivity index (χ3n) is 2.88. The molecule has 5 heteroatoms. The van der Waals surface area contributed by atoms with Gasteiger partial charge >= 0.3 is 0 Å². The maximum atomic E-state index is 5.28. The number of nitrogens with one attached hydrogen (secondary N) is 1. The molecule has 0 aliphatic carbocycles. The number of ether oxygens (including phenoxy) is 2. The van der Waals surface area contributed by atoms with Crippen LogP contribution in [-0.2, 0) is 6.54 Å². The molecule has 0 amide bonds. The van der Waals surface area contributed by atoms with E-state index in [9.17, 15) is 0 Å². The van der Waals surface area contributed by atoms with Crippen molar-refractivity contribution >= 4 is 5.95 Å². The Morgan fingerprint density at radius 3 is 2.20 bits per heavy atom. The molecule has 0 radical (unpaired) electrons. The van der Waals surface area contributed by atoms with E-state index in [2.05, 4.69) is 15.3 Å². The minimum atomic E-state index is 0.628. The highest BCUT2D eigenvalue weighted by molar-refractivity contribution is 5.43. The number of rotatable bonds is 5. The smallest absolute Gasteiger partial charge is 0.223 e. The summed E-state index contributed by atoms with van der Waals surface area (Å²) in [4.78, 5) is 8.69. The number of methoxy groups -OCH3 is 2. The van der Waals surface area contributed by atoms with Crippen molar-refractivity contribution in [1.29, 1.82) is 0 Å². The first-order valence-electron chi connectivity index (χ1n) is 6.39. The summed E-state index contributed by atoms with van der Waals surface area (Å²) >= 11 is 0. The van der Waals surface area contributed by atoms with Crippen LogP contribution in [0.15, 0.2) is 24.3 Å². The quantitative estimate of drug-likeness (QED) is 0.907. The van der Waals surface area contributed by atoms with E-state index in [0.29, 0.717) is 18.2 Å². The van der Waals surface area contributed by atoms with Crippen LogP contribution in [0.3, 0.4) is 0 Å². The number of hydrogen-bond donors (Lipinski definition) is 1. The van der Waals surface area contributed by atoms with Crippen LogP contribution in [-0.4, -0.2) is 24.2 Å². The molecule has 1 heterocycles. The number of hydrogen-bond acceptors (Lipinski definition) is 5. The summed E-state index contributed by atoms with van der Waals surface area (Å²) in [5.41, 5.74) is 2.98. The largest absolute Gasteiger partial charge is 0.493 e. The van der Waals surface area contributed by atoms with Gasteiger partial charge in [-0.25, -0.2) is 9.97 Å². The first-order valence-corrected chi connectivity index (χ1v) is 6.39. The number of nitrogens with zero attached hydrogens (tertiary/aromatic N) is 2. The van der Waals surface area contributed by atoms with Gasteiger partial charge in [0.15, 0.2) is 11.5 Å². The monoisotopic (exact) mass is 273 g/mol. The van der Waals surface area contributed by atoms with Gasteiger partial charge in [0.05, 0.1) is 14.2 Å².